The van der Waals surface area contributed by atoms with Gasteiger partial charge in [-0.05, 0) is 52.9 Å². The van der Waals surface area contributed by atoms with Gasteiger partial charge in [0.1, 0.15) is 0 Å². The average Bonchev–Trinajstić information content (AvgIpc) is 3.31. The van der Waals surface area contributed by atoms with Crippen LogP contribution in [0.15, 0.2) is 72.4 Å². The number of carbonyl (C=O) groups is 1. The molecule has 0 amide bonds. The van der Waals surface area contributed by atoms with E-state index in [1.165, 1.54) is 0 Å². The summed E-state index contributed by atoms with van der Waals surface area (Å²) in [5.41, 5.74) is 3.25. The molecule has 1 heterocycles. The first-order chi connectivity index (χ1) is 14.5. The van der Waals surface area contributed by atoms with E-state index in [2.05, 4.69) is 36.1 Å². The fourth-order valence-corrected chi connectivity index (χ4v) is 4.32. The van der Waals surface area contributed by atoms with Gasteiger partial charge in [0.25, 0.3) is 0 Å². The molecule has 2 atom stereocenters. The van der Waals surface area contributed by atoms with E-state index in [-0.39, 0.29) is 11.5 Å². The molecule has 1 saturated heterocycles. The van der Waals surface area contributed by atoms with Crippen LogP contribution >= 0.6 is 0 Å². The molecule has 0 radical (unpaired) electrons. The highest BCUT2D eigenvalue weighted by Crippen LogP contribution is 2.35. The van der Waals surface area contributed by atoms with Crippen molar-refractivity contribution in [3.8, 4) is 0 Å². The van der Waals surface area contributed by atoms with Gasteiger partial charge in [-0.15, -0.1) is 0 Å². The summed E-state index contributed by atoms with van der Waals surface area (Å²) in [6, 6.07) is 21.1. The number of rotatable bonds is 6. The summed E-state index contributed by atoms with van der Waals surface area (Å²) in [6.45, 7) is 4.03. The van der Waals surface area contributed by atoms with E-state index in [1.807, 2.05) is 36.4 Å². The number of hydrogen-bond donors (Lipinski definition) is 2. The number of nitrogens with zero attached hydrogens (tertiary/aromatic N) is 1. The van der Waals surface area contributed by atoms with Crippen molar-refractivity contribution in [3.63, 3.8) is 0 Å². The molecule has 3 aromatic carbocycles. The molecule has 1 fully saturated rings. The van der Waals surface area contributed by atoms with Crippen LogP contribution in [0, 0.1) is 5.92 Å². The van der Waals surface area contributed by atoms with Crippen LogP contribution in [0.2, 0.25) is 0 Å². The summed E-state index contributed by atoms with van der Waals surface area (Å²) in [5, 5.41) is 22.7. The molecule has 2 N–H and O–H groups in total. The van der Waals surface area contributed by atoms with Crippen molar-refractivity contribution in [2.45, 2.75) is 25.9 Å². The lowest BCUT2D eigenvalue weighted by Gasteiger charge is -2.30. The van der Waals surface area contributed by atoms with Gasteiger partial charge in [-0.1, -0.05) is 61.5 Å². The lowest BCUT2D eigenvalue weighted by atomic mass is 9.89. The maximum atomic E-state index is 11.4. The van der Waals surface area contributed by atoms with Gasteiger partial charge in [0.15, 0.2) is 0 Å². The topological polar surface area (TPSA) is 60.8 Å². The zero-order valence-electron chi connectivity index (χ0n) is 17.2. The van der Waals surface area contributed by atoms with E-state index in [4.69, 9.17) is 5.11 Å². The Morgan fingerprint density at radius 1 is 0.967 bits per heavy atom. The molecule has 1 aliphatic heterocycles. The van der Waals surface area contributed by atoms with Crippen LogP contribution in [0.25, 0.3) is 16.8 Å². The summed E-state index contributed by atoms with van der Waals surface area (Å²) < 4.78 is 0. The number of aliphatic hydroxyl groups is 1. The molecule has 4 rings (SSSR count). The Labute approximate surface area is 177 Å². The Morgan fingerprint density at radius 2 is 1.63 bits per heavy atom. The second-order valence-electron chi connectivity index (χ2n) is 7.99. The van der Waals surface area contributed by atoms with Gasteiger partial charge in [0.2, 0.25) is 0 Å². The lowest BCUT2D eigenvalue weighted by molar-refractivity contribution is 0.0697. The average molecular weight is 402 g/mol. The minimum absolute atomic E-state index is 0.104. The number of likely N-dealkylation sites (tertiary alicyclic amines) is 1. The standard InChI is InChI=1S/C26H27NO3/c1-18(25(28)23-10-6-8-20-7-2-3-9-22(20)23)24(27-15-4-5-16-27)17-19-11-13-21(14-12-19)26(29)30/h2-3,6-14,17-18,25,28H,4-5,15-16H2,1H3,(H,29,30). The van der Waals surface area contributed by atoms with Crippen molar-refractivity contribution in [2.75, 3.05) is 13.1 Å². The van der Waals surface area contributed by atoms with E-state index >= 15 is 0 Å². The second-order valence-corrected chi connectivity index (χ2v) is 7.99. The highest BCUT2D eigenvalue weighted by atomic mass is 16.4. The molecule has 154 valence electrons. The first-order valence-corrected chi connectivity index (χ1v) is 10.5. The number of benzene rings is 3. The van der Waals surface area contributed by atoms with Gasteiger partial charge in [-0.3, -0.25) is 0 Å². The molecule has 2 unspecified atom stereocenters. The normalized spacial score (nSPS) is 16.6. The molecule has 1 aliphatic rings. The molecule has 0 aliphatic carbocycles. The van der Waals surface area contributed by atoms with Crippen molar-refractivity contribution in [3.05, 3.63) is 89.1 Å². The molecule has 4 nitrogen and oxygen atoms in total. The molecule has 3 aromatic rings. The van der Waals surface area contributed by atoms with Crippen molar-refractivity contribution >= 4 is 22.8 Å². The van der Waals surface area contributed by atoms with Crippen molar-refractivity contribution < 1.29 is 15.0 Å². The number of carboxylic acids is 1. The number of aliphatic hydroxyl groups excluding tert-OH is 1. The number of aromatic carboxylic acids is 1. The van der Waals surface area contributed by atoms with Crippen LogP contribution in [-0.4, -0.2) is 34.2 Å². The van der Waals surface area contributed by atoms with Crippen LogP contribution in [0.3, 0.4) is 0 Å². The molecular formula is C26H27NO3. The SMILES string of the molecule is CC(C(=Cc1ccc(C(=O)O)cc1)N1CCCC1)C(O)c1cccc2ccccc12. The summed E-state index contributed by atoms with van der Waals surface area (Å²) in [7, 11) is 0. The molecule has 0 bridgehead atoms. The number of fused-ring (bicyclic) bond motifs is 1. The monoisotopic (exact) mass is 401 g/mol. The molecule has 0 spiro atoms. The fourth-order valence-electron chi connectivity index (χ4n) is 4.32. The molecule has 30 heavy (non-hydrogen) atoms. The maximum absolute atomic E-state index is 11.4. The quantitative estimate of drug-likeness (QED) is 0.585. The Bertz CT molecular complexity index is 1060. The largest absolute Gasteiger partial charge is 0.478 e. The van der Waals surface area contributed by atoms with E-state index in [9.17, 15) is 9.90 Å². The van der Waals surface area contributed by atoms with E-state index < -0.39 is 12.1 Å². The molecule has 4 heteroatoms. The fraction of sp³-hybridized carbons (Fsp3) is 0.269. The maximum Gasteiger partial charge on any atom is 0.335 e. The Kier molecular flexibility index (Phi) is 5.86. The second kappa shape index (κ2) is 8.72. The number of carboxylic acid groups (broad SMARTS) is 1. The lowest BCUT2D eigenvalue weighted by Crippen LogP contribution is -2.26. The van der Waals surface area contributed by atoms with Crippen LogP contribution in [0.4, 0.5) is 0 Å². The minimum Gasteiger partial charge on any atom is -0.478 e. The van der Waals surface area contributed by atoms with Gasteiger partial charge >= 0.3 is 5.97 Å². The van der Waals surface area contributed by atoms with E-state index in [0.29, 0.717) is 0 Å². The zero-order chi connectivity index (χ0) is 21.1. The Balaban J connectivity index is 1.70. The van der Waals surface area contributed by atoms with Gasteiger partial charge in [-0.2, -0.15) is 0 Å². The third kappa shape index (κ3) is 4.10. The van der Waals surface area contributed by atoms with Gasteiger partial charge in [0.05, 0.1) is 11.7 Å². The van der Waals surface area contributed by atoms with Crippen molar-refractivity contribution in [2.24, 2.45) is 5.92 Å². The number of hydrogen-bond acceptors (Lipinski definition) is 3. The summed E-state index contributed by atoms with van der Waals surface area (Å²) in [6.07, 6.45) is 3.75. The highest BCUT2D eigenvalue weighted by molar-refractivity contribution is 5.88. The summed E-state index contributed by atoms with van der Waals surface area (Å²) in [4.78, 5) is 13.5. The highest BCUT2D eigenvalue weighted by Gasteiger charge is 2.27. The smallest absolute Gasteiger partial charge is 0.335 e. The van der Waals surface area contributed by atoms with Gasteiger partial charge in [0, 0.05) is 24.7 Å². The van der Waals surface area contributed by atoms with Crippen LogP contribution < -0.4 is 0 Å². The summed E-state index contributed by atoms with van der Waals surface area (Å²) >= 11 is 0. The first-order valence-electron chi connectivity index (χ1n) is 10.5. The molecular weight excluding hydrogens is 374 g/mol. The van der Waals surface area contributed by atoms with Gasteiger partial charge < -0.3 is 15.1 Å². The Morgan fingerprint density at radius 3 is 2.33 bits per heavy atom. The Hall–Kier alpha value is -3.11. The van der Waals surface area contributed by atoms with Crippen LogP contribution in [0.5, 0.6) is 0 Å². The predicted octanol–water partition coefficient (Wildman–Crippen LogP) is 5.34. The zero-order valence-corrected chi connectivity index (χ0v) is 17.2. The third-order valence-corrected chi connectivity index (χ3v) is 6.03. The first kappa shape index (κ1) is 20.2. The van der Waals surface area contributed by atoms with E-state index in [0.717, 1.165) is 53.5 Å². The summed E-state index contributed by atoms with van der Waals surface area (Å²) in [5.74, 6) is -1.03. The van der Waals surface area contributed by atoms with Crippen LogP contribution in [0.1, 0.15) is 47.4 Å². The predicted molar refractivity (Wildman–Crippen MR) is 120 cm³/mol. The van der Waals surface area contributed by atoms with Crippen molar-refractivity contribution in [1.82, 2.24) is 4.90 Å². The molecule has 0 saturated carbocycles. The van der Waals surface area contributed by atoms with E-state index in [1.54, 1.807) is 12.1 Å². The van der Waals surface area contributed by atoms with Crippen molar-refractivity contribution in [1.29, 1.82) is 0 Å². The van der Waals surface area contributed by atoms with Crippen LogP contribution in [-0.2, 0) is 0 Å². The molecule has 0 aromatic heterocycles. The minimum atomic E-state index is -0.926. The van der Waals surface area contributed by atoms with Gasteiger partial charge in [-0.25, -0.2) is 4.79 Å². The third-order valence-electron chi connectivity index (χ3n) is 6.03.